The average Bonchev–Trinajstić information content (AvgIpc) is 3.25. The molecule has 3 aliphatic rings. The highest BCUT2D eigenvalue weighted by Gasteiger charge is 2.57. The molecule has 0 saturated carbocycles. The standard InChI is InChI=1S/C32H31NO7/c1-3-20(2)38-32-26(33-29(34)23-16-10-11-17-24(23)30(33)35)28(36-18-21-12-6-4-7-13-21)27-25(39-32)19-37-31(40-27)22-14-8-5-9-15-22/h3-17,20,25-28,31-32H,1,18-19H2,2H3/t20?,25-,26-,27-,28-,31-,32-/m1/s1. The third-order valence-corrected chi connectivity index (χ3v) is 7.47. The molecule has 0 bridgehead atoms. The number of carbonyl (C=O) groups excluding carboxylic acids is 2. The Bertz CT molecular complexity index is 1330. The molecule has 0 N–H and O–H groups in total. The van der Waals surface area contributed by atoms with Crippen LogP contribution in [0, 0.1) is 0 Å². The molecule has 40 heavy (non-hydrogen) atoms. The molecule has 2 saturated heterocycles. The van der Waals surface area contributed by atoms with Gasteiger partial charge < -0.3 is 23.7 Å². The lowest BCUT2D eigenvalue weighted by Crippen LogP contribution is -2.68. The summed E-state index contributed by atoms with van der Waals surface area (Å²) < 4.78 is 31.8. The van der Waals surface area contributed by atoms with Crippen molar-refractivity contribution in [2.24, 2.45) is 0 Å². The molecule has 1 unspecified atom stereocenters. The first kappa shape index (κ1) is 26.6. The largest absolute Gasteiger partial charge is 0.368 e. The molecule has 3 heterocycles. The predicted octanol–water partition coefficient (Wildman–Crippen LogP) is 4.67. The Balaban J connectivity index is 1.39. The Kier molecular flexibility index (Phi) is 7.60. The van der Waals surface area contributed by atoms with Crippen molar-refractivity contribution in [2.75, 3.05) is 6.61 Å². The zero-order chi connectivity index (χ0) is 27.6. The number of nitrogens with zero attached hydrogens (tertiary/aromatic N) is 1. The van der Waals surface area contributed by atoms with Gasteiger partial charge in [-0.25, -0.2) is 0 Å². The van der Waals surface area contributed by atoms with Crippen molar-refractivity contribution in [2.45, 2.75) is 56.6 Å². The number of hydrogen-bond donors (Lipinski definition) is 0. The summed E-state index contributed by atoms with van der Waals surface area (Å²) in [5.41, 5.74) is 2.46. The van der Waals surface area contributed by atoms with E-state index >= 15 is 0 Å². The summed E-state index contributed by atoms with van der Waals surface area (Å²) in [6.07, 6.45) is -2.45. The Morgan fingerprint density at radius 2 is 1.55 bits per heavy atom. The lowest BCUT2D eigenvalue weighted by Gasteiger charge is -2.51. The minimum Gasteiger partial charge on any atom is -0.368 e. The maximum absolute atomic E-state index is 13.7. The molecule has 0 aromatic heterocycles. The summed E-state index contributed by atoms with van der Waals surface area (Å²) in [5.74, 6) is -0.847. The lowest BCUT2D eigenvalue weighted by atomic mass is 9.94. The normalized spacial score (nSPS) is 28.6. The first-order chi connectivity index (χ1) is 19.5. The van der Waals surface area contributed by atoms with Gasteiger partial charge in [0.05, 0.1) is 30.4 Å². The summed E-state index contributed by atoms with van der Waals surface area (Å²) in [6.45, 7) is 6.09. The van der Waals surface area contributed by atoms with Gasteiger partial charge in [-0.15, -0.1) is 6.58 Å². The van der Waals surface area contributed by atoms with E-state index in [4.69, 9.17) is 23.7 Å². The van der Waals surface area contributed by atoms with Crippen LogP contribution in [0.1, 0.15) is 45.1 Å². The second kappa shape index (κ2) is 11.4. The van der Waals surface area contributed by atoms with Gasteiger partial charge in [-0.3, -0.25) is 14.5 Å². The lowest BCUT2D eigenvalue weighted by molar-refractivity contribution is -0.356. The van der Waals surface area contributed by atoms with Crippen molar-refractivity contribution in [3.63, 3.8) is 0 Å². The van der Waals surface area contributed by atoms with Gasteiger partial charge in [0.1, 0.15) is 24.4 Å². The molecule has 206 valence electrons. The number of ether oxygens (including phenoxy) is 5. The Morgan fingerprint density at radius 1 is 0.925 bits per heavy atom. The Labute approximate surface area is 233 Å². The highest BCUT2D eigenvalue weighted by molar-refractivity contribution is 6.21. The molecule has 0 radical (unpaired) electrons. The maximum atomic E-state index is 13.7. The number of benzene rings is 3. The van der Waals surface area contributed by atoms with Crippen molar-refractivity contribution in [3.05, 3.63) is 120 Å². The fraction of sp³-hybridized carbons (Fsp3) is 0.312. The number of hydrogen-bond acceptors (Lipinski definition) is 7. The third-order valence-electron chi connectivity index (χ3n) is 7.47. The van der Waals surface area contributed by atoms with Crippen molar-refractivity contribution >= 4 is 11.8 Å². The summed E-state index contributed by atoms with van der Waals surface area (Å²) >= 11 is 0. The minimum absolute atomic E-state index is 0.215. The van der Waals surface area contributed by atoms with Gasteiger partial charge in [-0.05, 0) is 24.6 Å². The third kappa shape index (κ3) is 5.00. The molecule has 2 amide bonds. The number of amides is 2. The smallest absolute Gasteiger partial charge is 0.262 e. The van der Waals surface area contributed by atoms with Crippen LogP contribution in [-0.4, -0.2) is 60.1 Å². The molecule has 2 fully saturated rings. The van der Waals surface area contributed by atoms with Gasteiger partial charge in [-0.2, -0.15) is 0 Å². The molecule has 8 nitrogen and oxygen atoms in total. The fourth-order valence-corrected chi connectivity index (χ4v) is 5.43. The van der Waals surface area contributed by atoms with Gasteiger partial charge in [0, 0.05) is 5.56 Å². The van der Waals surface area contributed by atoms with Crippen molar-refractivity contribution in [3.8, 4) is 0 Å². The van der Waals surface area contributed by atoms with Crippen molar-refractivity contribution < 1.29 is 33.3 Å². The molecule has 6 rings (SSSR count). The van der Waals surface area contributed by atoms with E-state index in [1.54, 1.807) is 30.3 Å². The first-order valence-electron chi connectivity index (χ1n) is 13.4. The first-order valence-corrected chi connectivity index (χ1v) is 13.4. The maximum Gasteiger partial charge on any atom is 0.262 e. The predicted molar refractivity (Wildman–Crippen MR) is 145 cm³/mol. The Hall–Kier alpha value is -3.66. The van der Waals surface area contributed by atoms with Gasteiger partial charge in [0.15, 0.2) is 12.6 Å². The molecular formula is C32H31NO7. The quantitative estimate of drug-likeness (QED) is 0.303. The van der Waals surface area contributed by atoms with Crippen LogP contribution in [0.5, 0.6) is 0 Å². The van der Waals surface area contributed by atoms with Crippen molar-refractivity contribution in [1.82, 2.24) is 4.90 Å². The second-order valence-electron chi connectivity index (χ2n) is 10.1. The molecule has 3 aliphatic heterocycles. The highest BCUT2D eigenvalue weighted by Crippen LogP contribution is 2.40. The molecule has 8 heteroatoms. The number of fused-ring (bicyclic) bond motifs is 2. The summed E-state index contributed by atoms with van der Waals surface area (Å²) in [7, 11) is 0. The molecule has 3 aromatic carbocycles. The van der Waals surface area contributed by atoms with Crippen LogP contribution in [0.25, 0.3) is 0 Å². The zero-order valence-electron chi connectivity index (χ0n) is 22.1. The van der Waals surface area contributed by atoms with Crippen LogP contribution in [0.4, 0.5) is 0 Å². The summed E-state index contributed by atoms with van der Waals surface area (Å²) in [6, 6.07) is 25.2. The van der Waals surface area contributed by atoms with Gasteiger partial charge in [0.2, 0.25) is 0 Å². The van der Waals surface area contributed by atoms with E-state index in [1.165, 1.54) is 4.90 Å². The number of imide groups is 1. The van der Waals surface area contributed by atoms with Crippen LogP contribution < -0.4 is 0 Å². The number of rotatable bonds is 8. The van der Waals surface area contributed by atoms with Crippen LogP contribution in [-0.2, 0) is 30.3 Å². The molecule has 3 aromatic rings. The van der Waals surface area contributed by atoms with E-state index in [1.807, 2.05) is 67.6 Å². The van der Waals surface area contributed by atoms with Crippen molar-refractivity contribution in [1.29, 1.82) is 0 Å². The zero-order valence-corrected chi connectivity index (χ0v) is 22.1. The van der Waals surface area contributed by atoms with Crippen LogP contribution in [0.15, 0.2) is 97.6 Å². The van der Waals surface area contributed by atoms with Gasteiger partial charge in [0.25, 0.3) is 11.8 Å². The average molecular weight is 542 g/mol. The van der Waals surface area contributed by atoms with E-state index in [-0.39, 0.29) is 13.2 Å². The van der Waals surface area contributed by atoms with Crippen LogP contribution in [0.3, 0.4) is 0 Å². The summed E-state index contributed by atoms with van der Waals surface area (Å²) in [4.78, 5) is 28.7. The number of carbonyl (C=O) groups is 2. The Morgan fingerprint density at radius 3 is 2.20 bits per heavy atom. The molecular weight excluding hydrogens is 510 g/mol. The highest BCUT2D eigenvalue weighted by atomic mass is 16.8. The molecule has 0 aliphatic carbocycles. The van der Waals surface area contributed by atoms with Crippen LogP contribution in [0.2, 0.25) is 0 Å². The van der Waals surface area contributed by atoms with E-state index in [9.17, 15) is 9.59 Å². The van der Waals surface area contributed by atoms with Crippen LogP contribution >= 0.6 is 0 Å². The topological polar surface area (TPSA) is 83.5 Å². The monoisotopic (exact) mass is 541 g/mol. The second-order valence-corrected chi connectivity index (χ2v) is 10.1. The molecule has 7 atom stereocenters. The SMILES string of the molecule is C=CC(C)O[C@@H]1O[C@@H]2CO[C@@H](c3ccccc3)O[C@H]2[C@H](OCc2ccccc2)[C@H]1N1C(=O)c2ccccc2C1=O. The van der Waals surface area contributed by atoms with Gasteiger partial charge >= 0.3 is 0 Å². The molecule has 0 spiro atoms. The van der Waals surface area contributed by atoms with E-state index in [0.717, 1.165) is 11.1 Å². The minimum atomic E-state index is -1.00. The van der Waals surface area contributed by atoms with Gasteiger partial charge in [-0.1, -0.05) is 78.9 Å². The van der Waals surface area contributed by atoms with E-state index in [0.29, 0.717) is 11.1 Å². The fourth-order valence-electron chi connectivity index (χ4n) is 5.43. The van der Waals surface area contributed by atoms with E-state index < -0.39 is 54.9 Å². The van der Waals surface area contributed by atoms with E-state index in [2.05, 4.69) is 6.58 Å². The summed E-state index contributed by atoms with van der Waals surface area (Å²) in [5, 5.41) is 0.